The van der Waals surface area contributed by atoms with Crippen LogP contribution in [0.2, 0.25) is 0 Å². The molecule has 0 aliphatic carbocycles. The van der Waals surface area contributed by atoms with Crippen LogP contribution in [0, 0.1) is 0 Å². The van der Waals surface area contributed by atoms with Crippen molar-refractivity contribution in [3.8, 4) is 0 Å². The Bertz CT molecular complexity index is 132. The molecule has 0 aromatic heterocycles. The Kier molecular flexibility index (Phi) is 6.15. The predicted molar refractivity (Wildman–Crippen MR) is 24.6 cm³/mol. The number of aliphatic hydroxyl groups is 1. The van der Waals surface area contributed by atoms with Gasteiger partial charge < -0.3 is 6.53 Å². The van der Waals surface area contributed by atoms with Crippen LogP contribution >= 0.6 is 0 Å². The van der Waals surface area contributed by atoms with Crippen LogP contribution in [0.15, 0.2) is 0 Å². The number of hydrogen-bond donors (Lipinski definition) is 2. The van der Waals surface area contributed by atoms with E-state index in [1.54, 1.807) is 0 Å². The molecule has 0 aromatic carbocycles. The van der Waals surface area contributed by atoms with Gasteiger partial charge in [-0.25, -0.2) is 0 Å². The predicted octanol–water partition coefficient (Wildman–Crippen LogP) is -4.02. The summed E-state index contributed by atoms with van der Waals surface area (Å²) in [6.45, 7) is -0.529. The monoisotopic (exact) mass is 134 g/mol. The van der Waals surface area contributed by atoms with E-state index >= 15 is 0 Å². The second-order valence-corrected chi connectivity index (χ2v) is 2.58. The zero-order chi connectivity index (χ0) is 5.91. The maximum atomic E-state index is 9.63. The van der Waals surface area contributed by atoms with Crippen LogP contribution in [0.1, 0.15) is 1.43 Å². The molecule has 0 spiro atoms. The van der Waals surface area contributed by atoms with Crippen molar-refractivity contribution in [1.82, 2.24) is 0 Å². The van der Waals surface area contributed by atoms with Gasteiger partial charge in [0.1, 0.15) is 0 Å². The summed E-state index contributed by atoms with van der Waals surface area (Å²) in [6, 6.07) is 0. The second-order valence-electron chi connectivity index (χ2n) is 1.01. The average Bonchev–Trinajstić information content (AvgIpc) is 1.30. The maximum Gasteiger partial charge on any atom is 1.00 e. The Balaban J connectivity index is -0.000000180. The summed E-state index contributed by atoms with van der Waals surface area (Å²) >= 11 is 0. The van der Waals surface area contributed by atoms with Crippen molar-refractivity contribution in [2.75, 3.05) is 12.4 Å². The van der Waals surface area contributed by atoms with Gasteiger partial charge in [-0.2, -0.15) is 8.42 Å². The molecule has 0 amide bonds. The minimum absolute atomic E-state index is 0. The fraction of sp³-hybridized carbons (Fsp3) is 1.00. The van der Waals surface area contributed by atoms with Gasteiger partial charge >= 0.3 is 18.9 Å². The molecule has 2 N–H and O–H groups in total. The van der Waals surface area contributed by atoms with Crippen molar-refractivity contribution in [2.24, 2.45) is 0 Å². The maximum absolute atomic E-state index is 9.63. The van der Waals surface area contributed by atoms with Crippen molar-refractivity contribution in [3.05, 3.63) is 0 Å². The van der Waals surface area contributed by atoms with Gasteiger partial charge in [0, 0.05) is 0 Å². The molecule has 0 aliphatic heterocycles. The van der Waals surface area contributed by atoms with E-state index in [1.807, 2.05) is 0 Å². The summed E-state index contributed by atoms with van der Waals surface area (Å²) in [6.07, 6.45) is 0. The molecule has 0 atom stereocenters. The van der Waals surface area contributed by atoms with Gasteiger partial charge in [-0.15, -0.1) is 0 Å². The molecule has 0 saturated carbocycles. The van der Waals surface area contributed by atoms with Crippen LogP contribution in [0.25, 0.3) is 0 Å². The molecular weight excluding hydrogens is 127 g/mol. The summed E-state index contributed by atoms with van der Waals surface area (Å²) in [5.41, 5.74) is 0. The average molecular weight is 134 g/mol. The number of aliphatic hydroxyl groups excluding tert-OH is 1. The molecular formula is C2H7LiO4S. The SMILES string of the molecule is O=S(=O)(O)CCO.[H-].[Li+]. The van der Waals surface area contributed by atoms with Crippen LogP contribution in [0.3, 0.4) is 0 Å². The molecule has 0 fully saturated rings. The van der Waals surface area contributed by atoms with E-state index in [4.69, 9.17) is 9.66 Å². The smallest absolute Gasteiger partial charge is 1.00 e. The summed E-state index contributed by atoms with van der Waals surface area (Å²) in [5.74, 6) is -0.576. The Morgan fingerprint density at radius 3 is 1.88 bits per heavy atom. The van der Waals surface area contributed by atoms with Crippen molar-refractivity contribution in [3.63, 3.8) is 0 Å². The van der Waals surface area contributed by atoms with E-state index in [9.17, 15) is 8.42 Å². The van der Waals surface area contributed by atoms with Crippen molar-refractivity contribution < 1.29 is 38.4 Å². The van der Waals surface area contributed by atoms with Gasteiger partial charge in [-0.1, -0.05) is 0 Å². The molecule has 0 aromatic rings. The molecule has 4 nitrogen and oxygen atoms in total. The summed E-state index contributed by atoms with van der Waals surface area (Å²) in [5, 5.41) is 7.86. The number of rotatable bonds is 2. The first-order valence-corrected chi connectivity index (χ1v) is 3.23. The van der Waals surface area contributed by atoms with Crippen LogP contribution in [0.5, 0.6) is 0 Å². The van der Waals surface area contributed by atoms with Crippen LogP contribution in [-0.2, 0) is 10.1 Å². The van der Waals surface area contributed by atoms with E-state index in [0.29, 0.717) is 0 Å². The summed E-state index contributed by atoms with van der Waals surface area (Å²) in [7, 11) is -3.92. The summed E-state index contributed by atoms with van der Waals surface area (Å²) < 4.78 is 27.1. The fourth-order valence-electron chi connectivity index (χ4n) is 0.115. The third-order valence-electron chi connectivity index (χ3n) is 0.349. The molecule has 0 radical (unpaired) electrons. The second kappa shape index (κ2) is 4.36. The number of hydrogen-bond acceptors (Lipinski definition) is 3. The summed E-state index contributed by atoms with van der Waals surface area (Å²) in [4.78, 5) is 0. The zero-order valence-corrected chi connectivity index (χ0v) is 5.35. The van der Waals surface area contributed by atoms with Crippen molar-refractivity contribution in [1.29, 1.82) is 0 Å². The van der Waals surface area contributed by atoms with Crippen LogP contribution < -0.4 is 18.9 Å². The minimum atomic E-state index is -3.92. The third kappa shape index (κ3) is 9.69. The first kappa shape index (κ1) is 11.3. The Labute approximate surface area is 61.3 Å². The zero-order valence-electron chi connectivity index (χ0n) is 5.53. The van der Waals surface area contributed by atoms with Gasteiger partial charge in [0.05, 0.1) is 12.4 Å². The molecule has 0 rings (SSSR count). The topological polar surface area (TPSA) is 74.6 Å². The third-order valence-corrected chi connectivity index (χ3v) is 1.05. The van der Waals surface area contributed by atoms with E-state index < -0.39 is 22.5 Å². The van der Waals surface area contributed by atoms with Crippen LogP contribution in [0.4, 0.5) is 0 Å². The molecule has 46 valence electrons. The molecule has 0 saturated heterocycles. The Morgan fingerprint density at radius 1 is 1.50 bits per heavy atom. The normalized spacial score (nSPS) is 10.2. The largest absolute Gasteiger partial charge is 1.00 e. The van der Waals surface area contributed by atoms with Gasteiger partial charge in [-0.3, -0.25) is 4.55 Å². The molecule has 0 unspecified atom stereocenters. The standard InChI is InChI=1S/C2H6O4S.Li.H/c3-1-2-7(4,5)6;;/h3H,1-2H2,(H,4,5,6);;/q;+1;-1. The van der Waals surface area contributed by atoms with Gasteiger partial charge in [-0.05, 0) is 0 Å². The van der Waals surface area contributed by atoms with Gasteiger partial charge in [0.2, 0.25) is 0 Å². The molecule has 8 heavy (non-hydrogen) atoms. The Hall–Kier alpha value is 0.467. The molecule has 0 aliphatic rings. The molecule has 6 heteroatoms. The molecule has 0 bridgehead atoms. The van der Waals surface area contributed by atoms with E-state index in [0.717, 1.165) is 0 Å². The Morgan fingerprint density at radius 2 is 1.88 bits per heavy atom. The minimum Gasteiger partial charge on any atom is -1.00 e. The first-order valence-electron chi connectivity index (χ1n) is 1.62. The van der Waals surface area contributed by atoms with E-state index in [-0.39, 0.29) is 20.3 Å². The molecule has 0 heterocycles. The van der Waals surface area contributed by atoms with Crippen molar-refractivity contribution >= 4 is 10.1 Å². The van der Waals surface area contributed by atoms with Crippen LogP contribution in [-0.4, -0.2) is 30.4 Å². The quantitative estimate of drug-likeness (QED) is 0.298. The van der Waals surface area contributed by atoms with Gasteiger partial charge in [0.25, 0.3) is 10.1 Å². The van der Waals surface area contributed by atoms with E-state index in [1.165, 1.54) is 0 Å². The fourth-order valence-corrected chi connectivity index (χ4v) is 0.346. The van der Waals surface area contributed by atoms with E-state index in [2.05, 4.69) is 0 Å². The van der Waals surface area contributed by atoms with Crippen molar-refractivity contribution in [2.45, 2.75) is 0 Å². The van der Waals surface area contributed by atoms with Gasteiger partial charge in [0.15, 0.2) is 0 Å². The first-order chi connectivity index (χ1) is 3.06.